The van der Waals surface area contributed by atoms with Crippen molar-refractivity contribution in [3.8, 4) is 0 Å². The third kappa shape index (κ3) is 5.15. The molecule has 17 heavy (non-hydrogen) atoms. The Morgan fingerprint density at radius 3 is 2.41 bits per heavy atom. The van der Waals surface area contributed by atoms with Crippen LogP contribution in [0.15, 0.2) is 28.7 Å². The highest BCUT2D eigenvalue weighted by molar-refractivity contribution is 9.10. The van der Waals surface area contributed by atoms with Gasteiger partial charge in [0.1, 0.15) is 0 Å². The number of carbonyl (C=O) groups excluding carboxylic acids is 1. The molecule has 5 heteroatoms. The fourth-order valence-electron chi connectivity index (χ4n) is 1.52. The SMILES string of the molecule is CCCP(=O)(O)CCC(=O)c1ccc(Br)cc1. The molecule has 0 aliphatic heterocycles. The lowest BCUT2D eigenvalue weighted by Crippen LogP contribution is -2.04. The molecule has 1 rings (SSSR count). The van der Waals surface area contributed by atoms with Crippen molar-refractivity contribution in [2.24, 2.45) is 0 Å². The van der Waals surface area contributed by atoms with Gasteiger partial charge in [-0.05, 0) is 18.6 Å². The summed E-state index contributed by atoms with van der Waals surface area (Å²) in [6.07, 6.45) is 1.17. The van der Waals surface area contributed by atoms with Crippen molar-refractivity contribution in [3.63, 3.8) is 0 Å². The number of Topliss-reactive ketones (excluding diaryl/α,β-unsaturated/α-hetero) is 1. The minimum absolute atomic E-state index is 0.0791. The van der Waals surface area contributed by atoms with Gasteiger partial charge in [-0.25, -0.2) is 0 Å². The number of ketones is 1. The summed E-state index contributed by atoms with van der Waals surface area (Å²) in [5.74, 6) is -0.0807. The lowest BCUT2D eigenvalue weighted by atomic mass is 10.1. The number of hydrogen-bond donors (Lipinski definition) is 1. The molecule has 0 saturated heterocycles. The molecule has 0 radical (unpaired) electrons. The van der Waals surface area contributed by atoms with Crippen LogP contribution < -0.4 is 0 Å². The standard InChI is InChI=1S/C12H16BrO3P/c1-2-8-17(15,16)9-7-12(14)10-3-5-11(13)6-4-10/h3-6H,2,7-9H2,1H3,(H,15,16). The van der Waals surface area contributed by atoms with Crippen molar-refractivity contribution in [3.05, 3.63) is 34.3 Å². The molecular formula is C12H16BrO3P. The molecule has 1 N–H and O–H groups in total. The monoisotopic (exact) mass is 318 g/mol. The van der Waals surface area contributed by atoms with Crippen molar-refractivity contribution < 1.29 is 14.3 Å². The van der Waals surface area contributed by atoms with Gasteiger partial charge in [0.15, 0.2) is 5.78 Å². The molecule has 1 aromatic rings. The zero-order valence-corrected chi connectivity index (χ0v) is 12.2. The van der Waals surface area contributed by atoms with Crippen LogP contribution in [0, 0.1) is 0 Å². The molecule has 0 fully saturated rings. The van der Waals surface area contributed by atoms with E-state index < -0.39 is 7.37 Å². The van der Waals surface area contributed by atoms with Gasteiger partial charge in [-0.15, -0.1) is 0 Å². The Morgan fingerprint density at radius 2 is 1.88 bits per heavy atom. The summed E-state index contributed by atoms with van der Waals surface area (Å²) < 4.78 is 12.5. The highest BCUT2D eigenvalue weighted by Gasteiger charge is 2.18. The smallest absolute Gasteiger partial charge is 0.201 e. The van der Waals surface area contributed by atoms with Crippen LogP contribution in [0.25, 0.3) is 0 Å². The minimum Gasteiger partial charge on any atom is -0.344 e. The summed E-state index contributed by atoms with van der Waals surface area (Å²) >= 11 is 3.29. The molecular weight excluding hydrogens is 303 g/mol. The molecule has 0 aliphatic rings. The van der Waals surface area contributed by atoms with Crippen LogP contribution in [-0.2, 0) is 4.57 Å². The first kappa shape index (κ1) is 14.6. The highest BCUT2D eigenvalue weighted by Crippen LogP contribution is 2.41. The van der Waals surface area contributed by atoms with Crippen molar-refractivity contribution in [2.45, 2.75) is 19.8 Å². The lowest BCUT2D eigenvalue weighted by Gasteiger charge is -2.09. The maximum atomic E-state index is 11.8. The third-order valence-electron chi connectivity index (χ3n) is 2.43. The van der Waals surface area contributed by atoms with Gasteiger partial charge >= 0.3 is 0 Å². The molecule has 0 saturated carbocycles. The van der Waals surface area contributed by atoms with E-state index in [9.17, 15) is 14.3 Å². The topological polar surface area (TPSA) is 54.4 Å². The average molecular weight is 319 g/mol. The Bertz CT molecular complexity index is 428. The molecule has 1 atom stereocenters. The zero-order valence-electron chi connectivity index (χ0n) is 9.73. The van der Waals surface area contributed by atoms with E-state index in [4.69, 9.17) is 0 Å². The normalized spacial score (nSPS) is 14.3. The molecule has 0 amide bonds. The molecule has 0 spiro atoms. The van der Waals surface area contributed by atoms with E-state index in [-0.39, 0.29) is 18.4 Å². The van der Waals surface area contributed by atoms with Gasteiger partial charge in [-0.1, -0.05) is 35.0 Å². The number of carbonyl (C=O) groups is 1. The van der Waals surface area contributed by atoms with Gasteiger partial charge in [0.2, 0.25) is 7.37 Å². The molecule has 0 heterocycles. The fraction of sp³-hybridized carbons (Fsp3) is 0.417. The van der Waals surface area contributed by atoms with Gasteiger partial charge in [0.25, 0.3) is 0 Å². The van der Waals surface area contributed by atoms with Gasteiger partial charge < -0.3 is 4.89 Å². The second-order valence-corrected chi connectivity index (χ2v) is 7.48. The van der Waals surface area contributed by atoms with E-state index >= 15 is 0 Å². The van der Waals surface area contributed by atoms with Gasteiger partial charge in [-0.3, -0.25) is 9.36 Å². The van der Waals surface area contributed by atoms with Crippen LogP contribution in [-0.4, -0.2) is 23.0 Å². The number of rotatable bonds is 6. The Balaban J connectivity index is 2.56. The number of hydrogen-bond acceptors (Lipinski definition) is 2. The van der Waals surface area contributed by atoms with E-state index in [1.807, 2.05) is 6.92 Å². The van der Waals surface area contributed by atoms with Crippen LogP contribution in [0.5, 0.6) is 0 Å². The first-order valence-corrected chi connectivity index (χ1v) is 8.36. The van der Waals surface area contributed by atoms with E-state index in [0.717, 1.165) is 4.47 Å². The first-order chi connectivity index (χ1) is 7.94. The van der Waals surface area contributed by atoms with E-state index in [1.165, 1.54) is 0 Å². The second kappa shape index (κ2) is 6.48. The number of benzene rings is 1. The third-order valence-corrected chi connectivity index (χ3v) is 5.02. The van der Waals surface area contributed by atoms with Gasteiger partial charge in [0.05, 0.1) is 0 Å². The highest BCUT2D eigenvalue weighted by atomic mass is 79.9. The predicted octanol–water partition coefficient (Wildman–Crippen LogP) is 3.70. The Morgan fingerprint density at radius 1 is 1.29 bits per heavy atom. The largest absolute Gasteiger partial charge is 0.344 e. The van der Waals surface area contributed by atoms with Gasteiger partial charge in [0, 0.05) is 28.8 Å². The van der Waals surface area contributed by atoms with Crippen molar-refractivity contribution >= 4 is 29.1 Å². The molecule has 94 valence electrons. The molecule has 1 unspecified atom stereocenters. The maximum Gasteiger partial charge on any atom is 0.201 e. The summed E-state index contributed by atoms with van der Waals surface area (Å²) in [5.41, 5.74) is 0.588. The minimum atomic E-state index is -3.11. The van der Waals surface area contributed by atoms with Crippen molar-refractivity contribution in [1.82, 2.24) is 0 Å². The average Bonchev–Trinajstić information content (AvgIpc) is 2.27. The molecule has 3 nitrogen and oxygen atoms in total. The summed E-state index contributed by atoms with van der Waals surface area (Å²) in [7, 11) is -3.11. The van der Waals surface area contributed by atoms with E-state index in [0.29, 0.717) is 18.1 Å². The lowest BCUT2D eigenvalue weighted by molar-refractivity contribution is 0.0988. The summed E-state index contributed by atoms with van der Waals surface area (Å²) in [6.45, 7) is 1.86. The van der Waals surface area contributed by atoms with Crippen molar-refractivity contribution in [2.75, 3.05) is 12.3 Å². The molecule has 0 aromatic heterocycles. The van der Waals surface area contributed by atoms with Crippen LogP contribution in [0.4, 0.5) is 0 Å². The Hall–Kier alpha value is -0.440. The fourth-order valence-corrected chi connectivity index (χ4v) is 3.26. The van der Waals surface area contributed by atoms with Gasteiger partial charge in [-0.2, -0.15) is 0 Å². The Labute approximate surface area is 110 Å². The summed E-state index contributed by atoms with van der Waals surface area (Å²) in [5, 5.41) is 0. The summed E-state index contributed by atoms with van der Waals surface area (Å²) in [6, 6.07) is 7.01. The maximum absolute atomic E-state index is 11.8. The van der Waals surface area contributed by atoms with Crippen LogP contribution in [0.1, 0.15) is 30.1 Å². The molecule has 0 aliphatic carbocycles. The van der Waals surface area contributed by atoms with Crippen LogP contribution in [0.3, 0.4) is 0 Å². The summed E-state index contributed by atoms with van der Waals surface area (Å²) in [4.78, 5) is 21.3. The van der Waals surface area contributed by atoms with Crippen LogP contribution in [0.2, 0.25) is 0 Å². The molecule has 0 bridgehead atoms. The Kier molecular flexibility index (Phi) is 5.57. The number of halogens is 1. The van der Waals surface area contributed by atoms with Crippen LogP contribution >= 0.6 is 23.3 Å². The van der Waals surface area contributed by atoms with E-state index in [2.05, 4.69) is 15.9 Å². The zero-order chi connectivity index (χ0) is 12.9. The quantitative estimate of drug-likeness (QED) is 0.642. The van der Waals surface area contributed by atoms with Crippen molar-refractivity contribution in [1.29, 1.82) is 0 Å². The first-order valence-electron chi connectivity index (χ1n) is 5.54. The van der Waals surface area contributed by atoms with E-state index in [1.54, 1.807) is 24.3 Å². The second-order valence-electron chi connectivity index (χ2n) is 3.97. The molecule has 1 aromatic carbocycles. The predicted molar refractivity (Wildman–Crippen MR) is 72.9 cm³/mol.